The molecule has 5 nitrogen and oxygen atoms in total. The maximum atomic E-state index is 12.1. The highest BCUT2D eigenvalue weighted by Crippen LogP contribution is 2.21. The van der Waals surface area contributed by atoms with Crippen molar-refractivity contribution in [1.29, 1.82) is 0 Å². The number of ether oxygens (including phenoxy) is 1. The lowest BCUT2D eigenvalue weighted by atomic mass is 10.2. The number of rotatable bonds is 3. The lowest BCUT2D eigenvalue weighted by Gasteiger charge is -1.98. The van der Waals surface area contributed by atoms with Crippen molar-refractivity contribution in [3.05, 3.63) is 88.8 Å². The standard InChI is InChI=1S/C19H12ClN3O2/c20-15-6-4-5-14(10-15)18-22-17(19(24)25-18)9-13-11-21-23(12-13)16-7-2-1-3-8-16/h1-12H/b17-9-. The summed E-state index contributed by atoms with van der Waals surface area (Å²) in [6.07, 6.45) is 5.13. The quantitative estimate of drug-likeness (QED) is 0.532. The molecule has 0 fully saturated rings. The van der Waals surface area contributed by atoms with Crippen LogP contribution in [0, 0.1) is 0 Å². The maximum Gasteiger partial charge on any atom is 0.363 e. The van der Waals surface area contributed by atoms with Crippen LogP contribution in [-0.4, -0.2) is 21.6 Å². The summed E-state index contributed by atoms with van der Waals surface area (Å²) in [6, 6.07) is 16.7. The number of esters is 1. The second kappa shape index (κ2) is 6.37. The molecule has 2 heterocycles. The number of carbonyl (C=O) groups is 1. The van der Waals surface area contributed by atoms with Gasteiger partial charge in [-0.15, -0.1) is 0 Å². The first kappa shape index (κ1) is 15.4. The number of halogens is 1. The summed E-state index contributed by atoms with van der Waals surface area (Å²) < 4.78 is 6.97. The van der Waals surface area contributed by atoms with Gasteiger partial charge in [-0.25, -0.2) is 14.5 Å². The Kier molecular flexibility index (Phi) is 3.91. The summed E-state index contributed by atoms with van der Waals surface area (Å²) in [5, 5.41) is 4.85. The highest BCUT2D eigenvalue weighted by Gasteiger charge is 2.24. The fraction of sp³-hybridized carbons (Fsp3) is 0. The molecular formula is C19H12ClN3O2. The monoisotopic (exact) mass is 349 g/mol. The van der Waals surface area contributed by atoms with Crippen molar-refractivity contribution in [2.75, 3.05) is 0 Å². The Morgan fingerprint density at radius 2 is 1.92 bits per heavy atom. The Balaban J connectivity index is 1.63. The molecule has 0 atom stereocenters. The third kappa shape index (κ3) is 3.22. The van der Waals surface area contributed by atoms with Crippen LogP contribution in [-0.2, 0) is 9.53 Å². The summed E-state index contributed by atoms with van der Waals surface area (Å²) >= 11 is 5.97. The highest BCUT2D eigenvalue weighted by molar-refractivity contribution is 6.31. The van der Waals surface area contributed by atoms with Crippen LogP contribution >= 0.6 is 11.6 Å². The summed E-state index contributed by atoms with van der Waals surface area (Å²) in [6.45, 7) is 0. The van der Waals surface area contributed by atoms with E-state index in [2.05, 4.69) is 10.1 Å². The molecule has 3 aromatic rings. The van der Waals surface area contributed by atoms with Gasteiger partial charge in [0.2, 0.25) is 5.90 Å². The van der Waals surface area contributed by atoms with Gasteiger partial charge in [-0.3, -0.25) is 0 Å². The molecule has 0 saturated carbocycles. The molecule has 0 spiro atoms. The minimum Gasteiger partial charge on any atom is -0.402 e. The first-order valence-electron chi connectivity index (χ1n) is 7.58. The molecule has 0 radical (unpaired) electrons. The molecule has 6 heteroatoms. The molecule has 0 amide bonds. The molecular weight excluding hydrogens is 338 g/mol. The average Bonchev–Trinajstić information content (AvgIpc) is 3.24. The Labute approximate surface area is 148 Å². The van der Waals surface area contributed by atoms with Gasteiger partial charge in [-0.05, 0) is 36.4 Å². The number of para-hydroxylation sites is 1. The maximum absolute atomic E-state index is 12.1. The van der Waals surface area contributed by atoms with E-state index < -0.39 is 5.97 Å². The van der Waals surface area contributed by atoms with E-state index in [1.54, 1.807) is 41.2 Å². The normalized spacial score (nSPS) is 15.3. The number of benzene rings is 2. The molecule has 0 bridgehead atoms. The molecule has 4 rings (SSSR count). The summed E-state index contributed by atoms with van der Waals surface area (Å²) in [7, 11) is 0. The molecule has 25 heavy (non-hydrogen) atoms. The van der Waals surface area contributed by atoms with E-state index in [0.29, 0.717) is 10.6 Å². The zero-order valence-corrected chi connectivity index (χ0v) is 13.7. The molecule has 2 aromatic carbocycles. The van der Waals surface area contributed by atoms with Gasteiger partial charge in [0.05, 0.1) is 11.9 Å². The van der Waals surface area contributed by atoms with Gasteiger partial charge in [0, 0.05) is 22.3 Å². The van der Waals surface area contributed by atoms with E-state index in [1.165, 1.54) is 0 Å². The Hall–Kier alpha value is -3.18. The molecule has 0 aliphatic carbocycles. The van der Waals surface area contributed by atoms with Crippen LogP contribution in [0.4, 0.5) is 0 Å². The van der Waals surface area contributed by atoms with Crippen molar-refractivity contribution in [2.45, 2.75) is 0 Å². The predicted molar refractivity (Wildman–Crippen MR) is 95.6 cm³/mol. The van der Waals surface area contributed by atoms with Gasteiger partial charge in [-0.2, -0.15) is 5.10 Å². The molecule has 122 valence electrons. The second-order valence-electron chi connectivity index (χ2n) is 5.40. The number of aromatic nitrogens is 2. The third-order valence-electron chi connectivity index (χ3n) is 3.62. The Bertz CT molecular complexity index is 1010. The average molecular weight is 350 g/mol. The van der Waals surface area contributed by atoms with Crippen molar-refractivity contribution in [3.63, 3.8) is 0 Å². The van der Waals surface area contributed by atoms with Crippen LogP contribution in [0.15, 0.2) is 77.7 Å². The van der Waals surface area contributed by atoms with Gasteiger partial charge >= 0.3 is 5.97 Å². The lowest BCUT2D eigenvalue weighted by Crippen LogP contribution is -2.05. The molecule has 1 aliphatic heterocycles. The molecule has 0 N–H and O–H groups in total. The molecule has 1 aliphatic rings. The topological polar surface area (TPSA) is 56.5 Å². The zero-order valence-electron chi connectivity index (χ0n) is 13.0. The van der Waals surface area contributed by atoms with Crippen LogP contribution in [0.5, 0.6) is 0 Å². The van der Waals surface area contributed by atoms with Crippen LogP contribution in [0.25, 0.3) is 11.8 Å². The minimum absolute atomic E-state index is 0.225. The van der Waals surface area contributed by atoms with Crippen LogP contribution in [0.3, 0.4) is 0 Å². The predicted octanol–water partition coefficient (Wildman–Crippen LogP) is 3.87. The SMILES string of the molecule is O=C1OC(c2cccc(Cl)c2)=N/C1=C\c1cnn(-c2ccccc2)c1. The number of carbonyl (C=O) groups excluding carboxylic acids is 1. The van der Waals surface area contributed by atoms with E-state index in [1.807, 2.05) is 36.5 Å². The summed E-state index contributed by atoms with van der Waals surface area (Å²) in [5.74, 6) is -0.253. The zero-order chi connectivity index (χ0) is 17.2. The number of hydrogen-bond acceptors (Lipinski definition) is 4. The van der Waals surface area contributed by atoms with Crippen LogP contribution < -0.4 is 0 Å². The van der Waals surface area contributed by atoms with E-state index in [4.69, 9.17) is 16.3 Å². The number of cyclic esters (lactones) is 1. The Morgan fingerprint density at radius 1 is 1.08 bits per heavy atom. The van der Waals surface area contributed by atoms with Crippen molar-refractivity contribution >= 4 is 29.5 Å². The number of aliphatic imine (C=N–C) groups is 1. The van der Waals surface area contributed by atoms with E-state index in [0.717, 1.165) is 11.3 Å². The van der Waals surface area contributed by atoms with E-state index in [9.17, 15) is 4.79 Å². The first-order valence-corrected chi connectivity index (χ1v) is 7.95. The Morgan fingerprint density at radius 3 is 2.72 bits per heavy atom. The van der Waals surface area contributed by atoms with E-state index in [-0.39, 0.29) is 11.6 Å². The van der Waals surface area contributed by atoms with Gasteiger partial charge in [0.1, 0.15) is 0 Å². The fourth-order valence-corrected chi connectivity index (χ4v) is 2.64. The highest BCUT2D eigenvalue weighted by atomic mass is 35.5. The van der Waals surface area contributed by atoms with Gasteiger partial charge < -0.3 is 4.74 Å². The smallest absolute Gasteiger partial charge is 0.363 e. The molecule has 1 aromatic heterocycles. The van der Waals surface area contributed by atoms with Crippen molar-refractivity contribution in [2.24, 2.45) is 4.99 Å². The van der Waals surface area contributed by atoms with E-state index >= 15 is 0 Å². The molecule has 0 saturated heterocycles. The van der Waals surface area contributed by atoms with Crippen molar-refractivity contribution in [1.82, 2.24) is 9.78 Å². The van der Waals surface area contributed by atoms with Crippen LogP contribution in [0.2, 0.25) is 5.02 Å². The fourth-order valence-electron chi connectivity index (χ4n) is 2.45. The summed E-state index contributed by atoms with van der Waals surface area (Å²) in [5.41, 5.74) is 2.57. The number of nitrogens with zero attached hydrogens (tertiary/aromatic N) is 3. The minimum atomic E-state index is -0.498. The first-order chi connectivity index (χ1) is 12.2. The van der Waals surface area contributed by atoms with Crippen molar-refractivity contribution < 1.29 is 9.53 Å². The second-order valence-corrected chi connectivity index (χ2v) is 5.84. The van der Waals surface area contributed by atoms with Gasteiger partial charge in [0.15, 0.2) is 5.70 Å². The van der Waals surface area contributed by atoms with Gasteiger partial charge in [-0.1, -0.05) is 35.9 Å². The summed E-state index contributed by atoms with van der Waals surface area (Å²) in [4.78, 5) is 16.3. The van der Waals surface area contributed by atoms with Crippen molar-refractivity contribution in [3.8, 4) is 5.69 Å². The molecule has 0 unspecified atom stereocenters. The lowest BCUT2D eigenvalue weighted by molar-refractivity contribution is -0.129. The third-order valence-corrected chi connectivity index (χ3v) is 3.85. The van der Waals surface area contributed by atoms with Gasteiger partial charge in [0.25, 0.3) is 0 Å². The van der Waals surface area contributed by atoms with Crippen LogP contribution in [0.1, 0.15) is 11.1 Å². The largest absolute Gasteiger partial charge is 0.402 e. The number of hydrogen-bond donors (Lipinski definition) is 0.